The fraction of sp³-hybridized carbons (Fsp3) is 0.222. The second-order valence-corrected chi connectivity index (χ2v) is 5.27. The van der Waals surface area contributed by atoms with E-state index in [0.717, 1.165) is 27.7 Å². The van der Waals surface area contributed by atoms with Crippen LogP contribution in [0.4, 0.5) is 0 Å². The summed E-state index contributed by atoms with van der Waals surface area (Å²) in [5.74, 6) is 0.943. The van der Waals surface area contributed by atoms with E-state index in [9.17, 15) is 5.11 Å². The van der Waals surface area contributed by atoms with Gasteiger partial charge in [0.2, 0.25) is 5.75 Å². The van der Waals surface area contributed by atoms with Gasteiger partial charge in [-0.1, -0.05) is 18.2 Å². The number of aryl methyl sites for hydroxylation is 1. The summed E-state index contributed by atoms with van der Waals surface area (Å²) in [5.41, 5.74) is 4.29. The number of fused-ring (bicyclic) bond motifs is 1. The van der Waals surface area contributed by atoms with Crippen LogP contribution in [0.1, 0.15) is 5.69 Å². The van der Waals surface area contributed by atoms with Crippen molar-refractivity contribution in [2.75, 3.05) is 14.2 Å². The molecule has 1 N–H and O–H groups in total. The van der Waals surface area contributed by atoms with Crippen LogP contribution in [0.25, 0.3) is 22.0 Å². The summed E-state index contributed by atoms with van der Waals surface area (Å²) in [6, 6.07) is 11.8. The van der Waals surface area contributed by atoms with E-state index in [4.69, 9.17) is 9.47 Å². The Hall–Kier alpha value is -2.62. The van der Waals surface area contributed by atoms with E-state index >= 15 is 0 Å². The number of hydrogen-bond donors (Lipinski definition) is 1. The second kappa shape index (κ2) is 5.30. The van der Waals surface area contributed by atoms with Crippen molar-refractivity contribution in [3.63, 3.8) is 0 Å². The van der Waals surface area contributed by atoms with E-state index in [1.807, 2.05) is 25.2 Å². The number of aromatic nitrogens is 1. The first-order valence-electron chi connectivity index (χ1n) is 7.07. The summed E-state index contributed by atoms with van der Waals surface area (Å²) in [6.07, 6.45) is 0. The first kappa shape index (κ1) is 14.3. The maximum absolute atomic E-state index is 10.2. The molecule has 0 unspecified atom stereocenters. The number of aromatic hydroxyl groups is 1. The Labute approximate surface area is 129 Å². The summed E-state index contributed by atoms with van der Waals surface area (Å²) in [5, 5.41) is 11.4. The third-order valence-corrected chi connectivity index (χ3v) is 4.15. The molecule has 0 fully saturated rings. The number of phenols is 1. The Morgan fingerprint density at radius 2 is 1.77 bits per heavy atom. The molecule has 0 aliphatic carbocycles. The van der Waals surface area contributed by atoms with Crippen molar-refractivity contribution < 1.29 is 14.6 Å². The van der Waals surface area contributed by atoms with Crippen LogP contribution in [0.2, 0.25) is 0 Å². The molecule has 114 valence electrons. The average molecular weight is 297 g/mol. The highest BCUT2D eigenvalue weighted by molar-refractivity contribution is 5.98. The first-order valence-corrected chi connectivity index (χ1v) is 7.07. The van der Waals surface area contributed by atoms with Gasteiger partial charge in [0.05, 0.1) is 14.2 Å². The molecule has 4 nitrogen and oxygen atoms in total. The standard InChI is InChI=1S/C18H19NO3/c1-11-17(13-7-5-6-8-14(13)19(11)2)12-9-15(20)18(22-4)16(10-12)21-3/h5-10,20H,1-4H3. The molecule has 1 aromatic heterocycles. The molecule has 0 amide bonds. The molecule has 0 atom stereocenters. The summed E-state index contributed by atoms with van der Waals surface area (Å²) in [7, 11) is 5.12. The topological polar surface area (TPSA) is 43.6 Å². The summed E-state index contributed by atoms with van der Waals surface area (Å²) >= 11 is 0. The molecular formula is C18H19NO3. The number of para-hydroxylation sites is 1. The molecular weight excluding hydrogens is 278 g/mol. The lowest BCUT2D eigenvalue weighted by molar-refractivity contribution is 0.333. The molecule has 0 spiro atoms. The largest absolute Gasteiger partial charge is 0.504 e. The van der Waals surface area contributed by atoms with Crippen molar-refractivity contribution >= 4 is 10.9 Å². The fourth-order valence-electron chi connectivity index (χ4n) is 2.97. The maximum Gasteiger partial charge on any atom is 0.203 e. The van der Waals surface area contributed by atoms with Gasteiger partial charge in [-0.15, -0.1) is 0 Å². The van der Waals surface area contributed by atoms with Crippen molar-refractivity contribution in [1.29, 1.82) is 0 Å². The molecule has 4 heteroatoms. The zero-order valence-electron chi connectivity index (χ0n) is 13.2. The normalized spacial score (nSPS) is 10.9. The number of ether oxygens (including phenoxy) is 2. The van der Waals surface area contributed by atoms with Gasteiger partial charge in [-0.05, 0) is 30.7 Å². The van der Waals surface area contributed by atoms with E-state index in [2.05, 4.69) is 23.6 Å². The van der Waals surface area contributed by atoms with Crippen LogP contribution >= 0.6 is 0 Å². The molecule has 0 radical (unpaired) electrons. The fourth-order valence-corrected chi connectivity index (χ4v) is 2.97. The monoisotopic (exact) mass is 297 g/mol. The van der Waals surface area contributed by atoms with E-state index in [0.29, 0.717) is 11.5 Å². The third-order valence-electron chi connectivity index (χ3n) is 4.15. The Morgan fingerprint density at radius 3 is 2.45 bits per heavy atom. The van der Waals surface area contributed by atoms with E-state index in [-0.39, 0.29) is 5.75 Å². The molecule has 3 rings (SSSR count). The zero-order valence-corrected chi connectivity index (χ0v) is 13.2. The average Bonchev–Trinajstić information content (AvgIpc) is 2.78. The molecule has 0 aliphatic rings. The second-order valence-electron chi connectivity index (χ2n) is 5.27. The van der Waals surface area contributed by atoms with Crippen LogP contribution in [0.15, 0.2) is 36.4 Å². The van der Waals surface area contributed by atoms with E-state index < -0.39 is 0 Å². The van der Waals surface area contributed by atoms with Crippen molar-refractivity contribution in [3.05, 3.63) is 42.1 Å². The Kier molecular flexibility index (Phi) is 3.45. The van der Waals surface area contributed by atoms with Crippen LogP contribution < -0.4 is 9.47 Å². The number of nitrogens with zero attached hydrogens (tertiary/aromatic N) is 1. The van der Waals surface area contributed by atoms with Gasteiger partial charge in [0, 0.05) is 29.2 Å². The molecule has 2 aromatic carbocycles. The molecule has 0 bridgehead atoms. The molecule has 1 heterocycles. The lowest BCUT2D eigenvalue weighted by Gasteiger charge is -2.12. The summed E-state index contributed by atoms with van der Waals surface area (Å²) in [6.45, 7) is 2.07. The van der Waals surface area contributed by atoms with Gasteiger partial charge in [0.1, 0.15) is 0 Å². The van der Waals surface area contributed by atoms with E-state index in [1.54, 1.807) is 13.2 Å². The number of methoxy groups -OCH3 is 2. The van der Waals surface area contributed by atoms with Crippen molar-refractivity contribution in [2.45, 2.75) is 6.92 Å². The zero-order chi connectivity index (χ0) is 15.9. The highest BCUT2D eigenvalue weighted by Crippen LogP contribution is 2.43. The Morgan fingerprint density at radius 1 is 1.05 bits per heavy atom. The quantitative estimate of drug-likeness (QED) is 0.798. The molecule has 22 heavy (non-hydrogen) atoms. The summed E-state index contributed by atoms with van der Waals surface area (Å²) < 4.78 is 12.7. The van der Waals surface area contributed by atoms with Crippen LogP contribution in [0.3, 0.4) is 0 Å². The van der Waals surface area contributed by atoms with Gasteiger partial charge in [0.15, 0.2) is 11.5 Å². The summed E-state index contributed by atoms with van der Waals surface area (Å²) in [4.78, 5) is 0. The van der Waals surface area contributed by atoms with Gasteiger partial charge in [-0.2, -0.15) is 0 Å². The Bertz CT molecular complexity index is 849. The highest BCUT2D eigenvalue weighted by Gasteiger charge is 2.18. The molecule has 0 aliphatic heterocycles. The highest BCUT2D eigenvalue weighted by atomic mass is 16.5. The predicted molar refractivity (Wildman–Crippen MR) is 87.9 cm³/mol. The minimum absolute atomic E-state index is 0.0733. The maximum atomic E-state index is 10.2. The lowest BCUT2D eigenvalue weighted by Crippen LogP contribution is -1.93. The molecule has 0 saturated carbocycles. The van der Waals surface area contributed by atoms with Crippen LogP contribution in [0, 0.1) is 6.92 Å². The van der Waals surface area contributed by atoms with Crippen LogP contribution in [-0.4, -0.2) is 23.9 Å². The predicted octanol–water partition coefficient (Wildman–Crippen LogP) is 3.88. The molecule has 3 aromatic rings. The SMILES string of the molecule is COc1cc(-c2c(C)n(C)c3ccccc23)cc(O)c1OC. The minimum Gasteiger partial charge on any atom is -0.504 e. The Balaban J connectivity index is 2.33. The van der Waals surface area contributed by atoms with Gasteiger partial charge < -0.3 is 19.1 Å². The molecule has 0 saturated heterocycles. The van der Waals surface area contributed by atoms with Crippen LogP contribution in [0.5, 0.6) is 17.2 Å². The van der Waals surface area contributed by atoms with Gasteiger partial charge in [0.25, 0.3) is 0 Å². The lowest BCUT2D eigenvalue weighted by atomic mass is 10.0. The van der Waals surface area contributed by atoms with Crippen molar-refractivity contribution in [2.24, 2.45) is 7.05 Å². The number of benzene rings is 2. The minimum atomic E-state index is 0.0733. The van der Waals surface area contributed by atoms with Crippen molar-refractivity contribution in [3.8, 4) is 28.4 Å². The van der Waals surface area contributed by atoms with Gasteiger partial charge >= 0.3 is 0 Å². The number of rotatable bonds is 3. The first-order chi connectivity index (χ1) is 10.6. The number of phenolic OH excluding ortho intramolecular Hbond substituents is 1. The number of hydrogen-bond acceptors (Lipinski definition) is 3. The van der Waals surface area contributed by atoms with Crippen LogP contribution in [-0.2, 0) is 7.05 Å². The van der Waals surface area contributed by atoms with Gasteiger partial charge in [-0.25, -0.2) is 0 Å². The van der Waals surface area contributed by atoms with Crippen molar-refractivity contribution in [1.82, 2.24) is 4.57 Å². The van der Waals surface area contributed by atoms with Gasteiger partial charge in [-0.3, -0.25) is 0 Å². The smallest absolute Gasteiger partial charge is 0.203 e. The van der Waals surface area contributed by atoms with E-state index in [1.165, 1.54) is 7.11 Å². The third kappa shape index (κ3) is 1.99.